The Balaban J connectivity index is 3.09. The van der Waals surface area contributed by atoms with Crippen LogP contribution in [0.15, 0.2) is 12.1 Å². The second kappa shape index (κ2) is 6.87. The van der Waals surface area contributed by atoms with Gasteiger partial charge in [-0.05, 0) is 39.8 Å². The van der Waals surface area contributed by atoms with Crippen LogP contribution in [0.25, 0.3) is 0 Å². The summed E-state index contributed by atoms with van der Waals surface area (Å²) in [7, 11) is 0. The molecule has 0 unspecified atom stereocenters. The van der Waals surface area contributed by atoms with Gasteiger partial charge < -0.3 is 5.32 Å². The van der Waals surface area contributed by atoms with E-state index in [1.165, 1.54) is 18.9 Å². The summed E-state index contributed by atoms with van der Waals surface area (Å²) < 4.78 is 41.9. The summed E-state index contributed by atoms with van der Waals surface area (Å²) >= 11 is 1.41. The van der Waals surface area contributed by atoms with Crippen molar-refractivity contribution in [2.24, 2.45) is 0 Å². The van der Waals surface area contributed by atoms with E-state index in [9.17, 15) is 18.0 Å². The Bertz CT molecular complexity index is 541. The lowest BCUT2D eigenvalue weighted by atomic mass is 10.1. The predicted octanol–water partition coefficient (Wildman–Crippen LogP) is 4.16. The highest BCUT2D eigenvalue weighted by Gasteiger charge is 2.32. The maximum atomic E-state index is 13.0. The average molecular weight is 335 g/mol. The molecule has 1 amide bonds. The van der Waals surface area contributed by atoms with Gasteiger partial charge in [0, 0.05) is 11.7 Å². The molecule has 1 aromatic heterocycles. The topological polar surface area (TPSA) is 54.0 Å². The van der Waals surface area contributed by atoms with Crippen molar-refractivity contribution in [3.8, 4) is 0 Å². The van der Waals surface area contributed by atoms with Gasteiger partial charge in [0.05, 0.1) is 17.3 Å². The minimum Gasteiger partial charge on any atom is -0.311 e. The van der Waals surface area contributed by atoms with E-state index < -0.39 is 23.7 Å². The zero-order valence-corrected chi connectivity index (χ0v) is 13.9. The number of carbonyl (C=O) groups is 1. The molecule has 2 N–H and O–H groups in total. The normalized spacial score (nSPS) is 13.8. The summed E-state index contributed by atoms with van der Waals surface area (Å²) in [6.45, 7) is 8.90. The van der Waals surface area contributed by atoms with E-state index in [4.69, 9.17) is 0 Å². The third kappa shape index (κ3) is 6.23. The molecule has 1 rings (SSSR count). The van der Waals surface area contributed by atoms with Gasteiger partial charge in [-0.25, -0.2) is 4.98 Å². The Labute approximate surface area is 132 Å². The first-order chi connectivity index (χ1) is 9.88. The van der Waals surface area contributed by atoms with Crippen LogP contribution in [0.2, 0.25) is 0 Å². The van der Waals surface area contributed by atoms with Gasteiger partial charge in [0.25, 0.3) is 0 Å². The third-order valence-electron chi connectivity index (χ3n) is 2.46. The van der Waals surface area contributed by atoms with Crippen LogP contribution in [0.3, 0.4) is 0 Å². The van der Waals surface area contributed by atoms with E-state index in [0.29, 0.717) is 0 Å². The number of pyridine rings is 1. The SMILES string of the molecule is CC(=O)Nc1cc(C(F)(F)F)cc([C@@H](C)NSC(C)(C)C)n1. The summed E-state index contributed by atoms with van der Waals surface area (Å²) in [4.78, 5) is 15.1. The number of aromatic nitrogens is 1. The van der Waals surface area contributed by atoms with E-state index >= 15 is 0 Å². The second-order valence-corrected chi connectivity index (χ2v) is 7.56. The van der Waals surface area contributed by atoms with Crippen molar-refractivity contribution in [3.63, 3.8) is 0 Å². The van der Waals surface area contributed by atoms with Crippen LogP contribution in [0.4, 0.5) is 19.0 Å². The lowest BCUT2D eigenvalue weighted by molar-refractivity contribution is -0.137. The maximum Gasteiger partial charge on any atom is 0.416 e. The summed E-state index contributed by atoms with van der Waals surface area (Å²) in [6, 6.07) is 1.42. The third-order valence-corrected chi connectivity index (χ3v) is 3.55. The second-order valence-electron chi connectivity index (χ2n) is 5.90. The summed E-state index contributed by atoms with van der Waals surface area (Å²) in [6.07, 6.45) is -4.50. The summed E-state index contributed by atoms with van der Waals surface area (Å²) in [5.74, 6) is -0.575. The summed E-state index contributed by atoms with van der Waals surface area (Å²) in [5.41, 5.74) is -0.619. The Morgan fingerprint density at radius 3 is 2.32 bits per heavy atom. The Kier molecular flexibility index (Phi) is 5.86. The van der Waals surface area contributed by atoms with Gasteiger partial charge in [-0.1, -0.05) is 11.9 Å². The van der Waals surface area contributed by atoms with Crippen LogP contribution in [0.1, 0.15) is 51.9 Å². The van der Waals surface area contributed by atoms with Gasteiger partial charge in [0.15, 0.2) is 0 Å². The highest BCUT2D eigenvalue weighted by atomic mass is 32.2. The van der Waals surface area contributed by atoms with Crippen molar-refractivity contribution < 1.29 is 18.0 Å². The molecular formula is C14H20F3N3OS. The lowest BCUT2D eigenvalue weighted by Gasteiger charge is -2.22. The van der Waals surface area contributed by atoms with Crippen LogP contribution in [0, 0.1) is 0 Å². The molecular weight excluding hydrogens is 315 g/mol. The van der Waals surface area contributed by atoms with Crippen LogP contribution in [-0.2, 0) is 11.0 Å². The van der Waals surface area contributed by atoms with Gasteiger partial charge in [-0.15, -0.1) is 0 Å². The number of amides is 1. The number of carbonyl (C=O) groups excluding carboxylic acids is 1. The van der Waals surface area contributed by atoms with Crippen molar-refractivity contribution in [2.45, 2.75) is 51.6 Å². The van der Waals surface area contributed by atoms with E-state index in [1.54, 1.807) is 6.92 Å². The minimum atomic E-state index is -4.50. The van der Waals surface area contributed by atoms with Crippen molar-refractivity contribution in [1.82, 2.24) is 9.71 Å². The molecule has 0 aromatic carbocycles. The van der Waals surface area contributed by atoms with Gasteiger partial charge in [-0.2, -0.15) is 13.2 Å². The smallest absolute Gasteiger partial charge is 0.311 e. The molecule has 0 radical (unpaired) electrons. The van der Waals surface area contributed by atoms with E-state index in [2.05, 4.69) is 15.0 Å². The van der Waals surface area contributed by atoms with Crippen molar-refractivity contribution in [2.75, 3.05) is 5.32 Å². The monoisotopic (exact) mass is 335 g/mol. The molecule has 0 fully saturated rings. The maximum absolute atomic E-state index is 13.0. The van der Waals surface area contributed by atoms with E-state index in [0.717, 1.165) is 12.1 Å². The molecule has 0 aliphatic rings. The number of nitrogens with one attached hydrogen (secondary N) is 2. The number of anilines is 1. The lowest BCUT2D eigenvalue weighted by Crippen LogP contribution is -2.21. The zero-order chi connectivity index (χ0) is 17.1. The number of hydrogen-bond acceptors (Lipinski definition) is 4. The molecule has 1 aromatic rings. The molecule has 4 nitrogen and oxygen atoms in total. The molecule has 0 aliphatic heterocycles. The molecule has 0 spiro atoms. The van der Waals surface area contributed by atoms with Gasteiger partial charge in [-0.3, -0.25) is 9.52 Å². The van der Waals surface area contributed by atoms with Crippen LogP contribution in [-0.4, -0.2) is 15.6 Å². The fourth-order valence-corrected chi connectivity index (χ4v) is 2.16. The number of alkyl halides is 3. The molecule has 22 heavy (non-hydrogen) atoms. The molecule has 1 atom stereocenters. The standard InChI is InChI=1S/C14H20F3N3OS/c1-8(20-22-13(3,4)5)11-6-10(14(15,16)17)7-12(19-11)18-9(2)21/h6-8,20H,1-5H3,(H,18,19,21)/t8-/m1/s1. The molecule has 1 heterocycles. The zero-order valence-electron chi connectivity index (χ0n) is 13.1. The number of nitrogens with zero attached hydrogens (tertiary/aromatic N) is 1. The van der Waals surface area contributed by atoms with E-state index in [-0.39, 0.29) is 16.3 Å². The predicted molar refractivity (Wildman–Crippen MR) is 82.4 cm³/mol. The number of halogens is 3. The highest BCUT2D eigenvalue weighted by Crippen LogP contribution is 2.33. The van der Waals surface area contributed by atoms with Gasteiger partial charge in [0.1, 0.15) is 5.82 Å². The number of rotatable bonds is 4. The first-order valence-electron chi connectivity index (χ1n) is 6.69. The van der Waals surface area contributed by atoms with Gasteiger partial charge >= 0.3 is 6.18 Å². The molecule has 124 valence electrons. The van der Waals surface area contributed by atoms with Gasteiger partial charge in [0.2, 0.25) is 5.91 Å². The fraction of sp³-hybridized carbons (Fsp3) is 0.571. The average Bonchev–Trinajstić information content (AvgIpc) is 2.32. The first kappa shape index (κ1) is 18.8. The first-order valence-corrected chi connectivity index (χ1v) is 7.50. The molecule has 8 heteroatoms. The van der Waals surface area contributed by atoms with Crippen LogP contribution < -0.4 is 10.0 Å². The Hall–Kier alpha value is -1.28. The Morgan fingerprint density at radius 2 is 1.86 bits per heavy atom. The number of hydrogen-bond donors (Lipinski definition) is 2. The summed E-state index contributed by atoms with van der Waals surface area (Å²) in [5, 5.41) is 2.30. The highest BCUT2D eigenvalue weighted by molar-refractivity contribution is 7.98. The van der Waals surface area contributed by atoms with E-state index in [1.807, 2.05) is 20.8 Å². The largest absolute Gasteiger partial charge is 0.416 e. The molecule has 0 saturated carbocycles. The van der Waals surface area contributed by atoms with Crippen LogP contribution >= 0.6 is 11.9 Å². The molecule has 0 aliphatic carbocycles. The minimum absolute atomic E-state index is 0.0869. The van der Waals surface area contributed by atoms with Crippen molar-refractivity contribution in [1.29, 1.82) is 0 Å². The van der Waals surface area contributed by atoms with Crippen molar-refractivity contribution in [3.05, 3.63) is 23.4 Å². The Morgan fingerprint density at radius 1 is 1.27 bits per heavy atom. The molecule has 0 saturated heterocycles. The van der Waals surface area contributed by atoms with Crippen molar-refractivity contribution >= 4 is 23.7 Å². The van der Waals surface area contributed by atoms with Crippen LogP contribution in [0.5, 0.6) is 0 Å². The molecule has 0 bridgehead atoms. The quantitative estimate of drug-likeness (QED) is 0.812. The fourth-order valence-electron chi connectivity index (χ4n) is 1.51.